The second-order valence-electron chi connectivity index (χ2n) is 10.7. The van der Waals surface area contributed by atoms with Gasteiger partial charge in [-0.2, -0.15) is 0 Å². The lowest BCUT2D eigenvalue weighted by molar-refractivity contribution is -0.327. The smallest absolute Gasteiger partial charge is 0.337 e. The Balaban J connectivity index is 1.56. The van der Waals surface area contributed by atoms with Gasteiger partial charge in [0, 0.05) is 11.5 Å². The van der Waals surface area contributed by atoms with Gasteiger partial charge < -0.3 is 49.2 Å². The Hall–Kier alpha value is -2.06. The molecule has 12 nitrogen and oxygen atoms in total. The summed E-state index contributed by atoms with van der Waals surface area (Å²) in [6.07, 6.45) is -6.19. The van der Waals surface area contributed by atoms with Crippen molar-refractivity contribution in [3.8, 4) is 0 Å². The summed E-state index contributed by atoms with van der Waals surface area (Å²) in [6, 6.07) is 0. The normalized spacial score (nSPS) is 45.5. The molecule has 12 heteroatoms. The van der Waals surface area contributed by atoms with Gasteiger partial charge in [0.05, 0.1) is 44.2 Å². The standard InChI is InChI=1S/C26H38O12/c1-4-14-16-6-19(28)34-9-13-5-15(20(29)12(13)3)11(2)8-35-24(33)17(16)10-36-25(14)38-26-23(32)22(31)21(30)18(7-27)37-26/h4,10-13,15-16,18,20-23,25-27,29-32H,5-9H2,1-3H3/t11-,12+,13+,15-,16-,18+,20+,21+,22-,23+,25-,26-/m0/s1. The van der Waals surface area contributed by atoms with Crippen molar-refractivity contribution in [2.24, 2.45) is 29.6 Å². The number of aliphatic hydroxyl groups is 5. The van der Waals surface area contributed by atoms with Gasteiger partial charge in [-0.25, -0.2) is 4.79 Å². The Morgan fingerprint density at radius 1 is 1.03 bits per heavy atom. The lowest BCUT2D eigenvalue weighted by Crippen LogP contribution is -2.60. The van der Waals surface area contributed by atoms with Gasteiger partial charge in [-0.15, -0.1) is 0 Å². The molecule has 0 radical (unpaired) electrons. The summed E-state index contributed by atoms with van der Waals surface area (Å²) in [7, 11) is 0. The third kappa shape index (κ3) is 5.62. The molecule has 0 amide bonds. The molecule has 2 saturated heterocycles. The zero-order valence-corrected chi connectivity index (χ0v) is 21.7. The fourth-order valence-electron chi connectivity index (χ4n) is 5.81. The number of carbonyl (C=O) groups is 2. The molecule has 4 aliphatic rings. The fraction of sp³-hybridized carbons (Fsp3) is 0.769. The van der Waals surface area contributed by atoms with E-state index >= 15 is 0 Å². The highest BCUT2D eigenvalue weighted by Gasteiger charge is 2.48. The van der Waals surface area contributed by atoms with Crippen molar-refractivity contribution in [2.75, 3.05) is 19.8 Å². The second-order valence-corrected chi connectivity index (χ2v) is 10.7. The molecule has 3 aliphatic heterocycles. The van der Waals surface area contributed by atoms with Crippen LogP contribution < -0.4 is 0 Å². The van der Waals surface area contributed by atoms with Crippen molar-refractivity contribution in [2.45, 2.75) is 76.7 Å². The number of cyclic esters (lactones) is 2. The highest BCUT2D eigenvalue weighted by Crippen LogP contribution is 2.42. The average molecular weight is 543 g/mol. The van der Waals surface area contributed by atoms with Crippen LogP contribution in [-0.2, 0) is 33.3 Å². The van der Waals surface area contributed by atoms with Gasteiger partial charge >= 0.3 is 11.9 Å². The summed E-state index contributed by atoms with van der Waals surface area (Å²) >= 11 is 0. The van der Waals surface area contributed by atoms with E-state index in [0.29, 0.717) is 12.0 Å². The highest BCUT2D eigenvalue weighted by molar-refractivity contribution is 5.91. The lowest BCUT2D eigenvalue weighted by atomic mass is 9.86. The van der Waals surface area contributed by atoms with Gasteiger partial charge in [-0.1, -0.05) is 19.9 Å². The molecule has 0 aromatic rings. The van der Waals surface area contributed by atoms with Crippen LogP contribution in [0.4, 0.5) is 0 Å². The van der Waals surface area contributed by atoms with E-state index < -0.39 is 67.6 Å². The summed E-state index contributed by atoms with van der Waals surface area (Å²) in [5, 5.41) is 50.7. The van der Waals surface area contributed by atoms with Crippen LogP contribution in [0.25, 0.3) is 0 Å². The molecule has 0 unspecified atom stereocenters. The summed E-state index contributed by atoms with van der Waals surface area (Å²) in [6.45, 7) is 5.08. The van der Waals surface area contributed by atoms with E-state index in [9.17, 15) is 35.1 Å². The highest BCUT2D eigenvalue weighted by atomic mass is 16.8. The Labute approximate surface area is 220 Å². The van der Waals surface area contributed by atoms with Crippen LogP contribution in [0.3, 0.4) is 0 Å². The molecule has 1 saturated carbocycles. The van der Waals surface area contributed by atoms with Crippen molar-refractivity contribution < 1.29 is 58.8 Å². The monoisotopic (exact) mass is 542 g/mol. The Bertz CT molecular complexity index is 931. The molecule has 0 aromatic heterocycles. The first-order valence-electron chi connectivity index (χ1n) is 13.1. The van der Waals surface area contributed by atoms with E-state index in [1.54, 1.807) is 13.0 Å². The first-order valence-corrected chi connectivity index (χ1v) is 13.1. The molecule has 38 heavy (non-hydrogen) atoms. The van der Waals surface area contributed by atoms with Crippen LogP contribution in [0.15, 0.2) is 23.5 Å². The molecule has 214 valence electrons. The zero-order valence-electron chi connectivity index (χ0n) is 21.7. The minimum atomic E-state index is -1.66. The van der Waals surface area contributed by atoms with Crippen LogP contribution in [-0.4, -0.2) is 100 Å². The quantitative estimate of drug-likeness (QED) is 0.225. The van der Waals surface area contributed by atoms with E-state index in [2.05, 4.69) is 0 Å². The van der Waals surface area contributed by atoms with Crippen molar-refractivity contribution in [3.05, 3.63) is 23.5 Å². The first kappa shape index (κ1) is 28.9. The number of ether oxygens (including phenoxy) is 5. The van der Waals surface area contributed by atoms with Gasteiger partial charge in [0.2, 0.25) is 6.29 Å². The zero-order chi connectivity index (χ0) is 27.7. The fourth-order valence-corrected chi connectivity index (χ4v) is 5.81. The van der Waals surface area contributed by atoms with E-state index in [-0.39, 0.29) is 48.9 Å². The largest absolute Gasteiger partial charge is 0.468 e. The van der Waals surface area contributed by atoms with Gasteiger partial charge in [0.25, 0.3) is 0 Å². The Kier molecular flexibility index (Phi) is 9.13. The molecule has 5 N–H and O–H groups in total. The maximum atomic E-state index is 13.1. The van der Waals surface area contributed by atoms with Gasteiger partial charge in [0.1, 0.15) is 24.4 Å². The molecular weight excluding hydrogens is 504 g/mol. The van der Waals surface area contributed by atoms with Crippen LogP contribution in [0.5, 0.6) is 0 Å². The van der Waals surface area contributed by atoms with Crippen LogP contribution in [0.2, 0.25) is 0 Å². The number of hydrogen-bond acceptors (Lipinski definition) is 12. The topological polar surface area (TPSA) is 181 Å². The lowest BCUT2D eigenvalue weighted by Gasteiger charge is -2.42. The third-order valence-electron chi connectivity index (χ3n) is 8.38. The molecule has 2 bridgehead atoms. The number of rotatable bonds is 3. The number of allylic oxidation sites excluding steroid dienone is 1. The third-order valence-corrected chi connectivity index (χ3v) is 8.38. The van der Waals surface area contributed by atoms with Crippen LogP contribution in [0, 0.1) is 29.6 Å². The number of aliphatic hydroxyl groups excluding tert-OH is 5. The summed E-state index contributed by atoms with van der Waals surface area (Å²) in [5.41, 5.74) is 0.441. The average Bonchev–Trinajstić information content (AvgIpc) is 3.19. The maximum absolute atomic E-state index is 13.1. The number of fused-ring (bicyclic) bond motifs is 3. The van der Waals surface area contributed by atoms with Gasteiger partial charge in [-0.05, 0) is 37.0 Å². The van der Waals surface area contributed by atoms with Crippen molar-refractivity contribution in [1.29, 1.82) is 0 Å². The minimum Gasteiger partial charge on any atom is -0.468 e. The van der Waals surface area contributed by atoms with E-state index in [1.807, 2.05) is 13.8 Å². The number of hydrogen-bond donors (Lipinski definition) is 5. The van der Waals surface area contributed by atoms with Crippen LogP contribution in [0.1, 0.15) is 33.6 Å². The van der Waals surface area contributed by atoms with Gasteiger partial charge in [-0.3, -0.25) is 4.79 Å². The summed E-state index contributed by atoms with van der Waals surface area (Å²) in [4.78, 5) is 26.0. The SMILES string of the molecule is CC=C1[C@H](O[C@@H]2O[C@H](CO)[C@@H](O)[C@H](O)[C@H]2O)OC=C2C(=O)OC[C@H](C)[C@@H]3C[C@H](COC(=O)C[C@H]21)[C@@H](C)[C@H]3O. The molecule has 0 aromatic carbocycles. The van der Waals surface area contributed by atoms with E-state index in [1.165, 1.54) is 0 Å². The molecule has 0 spiro atoms. The summed E-state index contributed by atoms with van der Waals surface area (Å²) < 4.78 is 28.0. The Morgan fingerprint density at radius 3 is 2.45 bits per heavy atom. The second kappa shape index (κ2) is 12.0. The van der Waals surface area contributed by atoms with E-state index in [0.717, 1.165) is 6.26 Å². The van der Waals surface area contributed by atoms with Crippen molar-refractivity contribution in [3.63, 3.8) is 0 Å². The molecule has 1 aliphatic carbocycles. The molecule has 4 rings (SSSR count). The van der Waals surface area contributed by atoms with Crippen molar-refractivity contribution >= 4 is 11.9 Å². The summed E-state index contributed by atoms with van der Waals surface area (Å²) in [5.74, 6) is -2.39. The maximum Gasteiger partial charge on any atom is 0.337 e. The molecule has 3 heterocycles. The number of carbonyl (C=O) groups excluding carboxylic acids is 2. The minimum absolute atomic E-state index is 0.0222. The first-order chi connectivity index (χ1) is 18.1. The molecule has 12 atom stereocenters. The predicted octanol–water partition coefficient (Wildman–Crippen LogP) is -0.635. The van der Waals surface area contributed by atoms with Crippen LogP contribution >= 0.6 is 0 Å². The predicted molar refractivity (Wildman–Crippen MR) is 128 cm³/mol. The number of esters is 2. The molecule has 3 fully saturated rings. The Morgan fingerprint density at radius 2 is 1.76 bits per heavy atom. The van der Waals surface area contributed by atoms with Crippen molar-refractivity contribution in [1.82, 2.24) is 0 Å². The van der Waals surface area contributed by atoms with E-state index in [4.69, 9.17) is 23.7 Å². The van der Waals surface area contributed by atoms with Gasteiger partial charge in [0.15, 0.2) is 6.29 Å². The molecular formula is C26H38O12.